The number of carbonyl (C=O) groups excluding carboxylic acids is 2. The highest BCUT2D eigenvalue weighted by Gasteiger charge is 2.48. The van der Waals surface area contributed by atoms with Crippen LogP contribution in [0.1, 0.15) is 30.0 Å². The maximum absolute atomic E-state index is 13.5. The summed E-state index contributed by atoms with van der Waals surface area (Å²) in [5.74, 6) is -0.129. The number of amides is 2. The van der Waals surface area contributed by atoms with Crippen molar-refractivity contribution in [3.05, 3.63) is 65.7 Å². The van der Waals surface area contributed by atoms with Gasteiger partial charge in [-0.15, -0.1) is 0 Å². The molecule has 0 N–H and O–H groups in total. The van der Waals surface area contributed by atoms with Gasteiger partial charge < -0.3 is 24.2 Å². The Kier molecular flexibility index (Phi) is 6.33. The third-order valence-electron chi connectivity index (χ3n) is 6.69. The number of carbonyl (C=O) groups is 2. The van der Waals surface area contributed by atoms with E-state index in [4.69, 9.17) is 9.47 Å². The number of nitrogens with zero attached hydrogens (tertiary/aromatic N) is 3. The Bertz CT molecular complexity index is 971. The second-order valence-electron chi connectivity index (χ2n) is 9.08. The molecule has 3 aliphatic rings. The van der Waals surface area contributed by atoms with Crippen molar-refractivity contribution < 1.29 is 19.1 Å². The molecule has 7 nitrogen and oxygen atoms in total. The maximum Gasteiger partial charge on any atom is 0.254 e. The number of ether oxygens (including phenoxy) is 2. The zero-order valence-electron chi connectivity index (χ0n) is 19.1. The zero-order valence-corrected chi connectivity index (χ0v) is 19.1. The summed E-state index contributed by atoms with van der Waals surface area (Å²) in [6, 6.07) is 18.0. The Labute approximate surface area is 194 Å². The number of rotatable bonds is 6. The summed E-state index contributed by atoms with van der Waals surface area (Å²) in [7, 11) is 1.81. The molecule has 2 heterocycles. The highest BCUT2D eigenvalue weighted by molar-refractivity contribution is 5.86. The Morgan fingerprint density at radius 1 is 1.03 bits per heavy atom. The van der Waals surface area contributed by atoms with Gasteiger partial charge in [-0.3, -0.25) is 9.59 Å². The van der Waals surface area contributed by atoms with E-state index in [-0.39, 0.29) is 24.5 Å². The van der Waals surface area contributed by atoms with Crippen molar-refractivity contribution in [3.63, 3.8) is 0 Å². The van der Waals surface area contributed by atoms with E-state index in [1.807, 2.05) is 42.3 Å². The molecule has 3 fully saturated rings. The van der Waals surface area contributed by atoms with Gasteiger partial charge >= 0.3 is 0 Å². The minimum Gasteiger partial charge on any atom is -0.378 e. The van der Waals surface area contributed by atoms with Gasteiger partial charge in [0.15, 0.2) is 6.10 Å². The van der Waals surface area contributed by atoms with Crippen LogP contribution >= 0.6 is 0 Å². The predicted octanol–water partition coefficient (Wildman–Crippen LogP) is 2.61. The Hall–Kier alpha value is -2.90. The second-order valence-corrected chi connectivity index (χ2v) is 9.08. The van der Waals surface area contributed by atoms with Gasteiger partial charge in [0, 0.05) is 38.4 Å². The van der Waals surface area contributed by atoms with Crippen molar-refractivity contribution in [2.24, 2.45) is 0 Å². The van der Waals surface area contributed by atoms with E-state index in [2.05, 4.69) is 29.2 Å². The summed E-state index contributed by atoms with van der Waals surface area (Å²) in [5.41, 5.74) is 3.18. The molecule has 33 heavy (non-hydrogen) atoms. The van der Waals surface area contributed by atoms with Gasteiger partial charge in [-0.05, 0) is 36.1 Å². The zero-order chi connectivity index (χ0) is 22.8. The quantitative estimate of drug-likeness (QED) is 0.679. The molecule has 2 amide bonds. The lowest BCUT2D eigenvalue weighted by Gasteiger charge is -2.42. The molecule has 1 saturated carbocycles. The van der Waals surface area contributed by atoms with Gasteiger partial charge in [0.2, 0.25) is 5.91 Å². The summed E-state index contributed by atoms with van der Waals surface area (Å²) >= 11 is 0. The number of benzene rings is 2. The highest BCUT2D eigenvalue weighted by atomic mass is 16.5. The van der Waals surface area contributed by atoms with Crippen molar-refractivity contribution in [1.29, 1.82) is 0 Å². The molecule has 0 bridgehead atoms. The largest absolute Gasteiger partial charge is 0.378 e. The smallest absolute Gasteiger partial charge is 0.254 e. The van der Waals surface area contributed by atoms with Crippen LogP contribution in [0.5, 0.6) is 0 Å². The molecule has 2 saturated heterocycles. The third kappa shape index (κ3) is 4.75. The molecule has 0 aromatic heterocycles. The van der Waals surface area contributed by atoms with E-state index in [1.165, 1.54) is 5.69 Å². The van der Waals surface area contributed by atoms with Crippen LogP contribution in [-0.4, -0.2) is 73.7 Å². The SMILES string of the molecule is CN(Cc1ccc(N2CCOCC2)cc1)C(=O)[C@@H]1OCC(=O)N(C2CC2)[C@H]1c1ccccc1. The molecule has 0 spiro atoms. The van der Waals surface area contributed by atoms with Crippen LogP contribution in [0.2, 0.25) is 0 Å². The van der Waals surface area contributed by atoms with E-state index in [0.717, 1.165) is 50.3 Å². The predicted molar refractivity (Wildman–Crippen MR) is 125 cm³/mol. The van der Waals surface area contributed by atoms with E-state index in [9.17, 15) is 9.59 Å². The lowest BCUT2D eigenvalue weighted by molar-refractivity contribution is -0.170. The minimum absolute atomic E-state index is 0.0308. The van der Waals surface area contributed by atoms with Crippen LogP contribution in [0.3, 0.4) is 0 Å². The summed E-state index contributed by atoms with van der Waals surface area (Å²) in [6.45, 7) is 3.74. The lowest BCUT2D eigenvalue weighted by Crippen LogP contribution is -2.55. The standard InChI is InChI=1S/C26H31N3O4/c1-27(17-19-7-9-21(10-8-19)28-13-15-32-16-14-28)26(31)25-24(20-5-3-2-4-6-20)29(22-11-12-22)23(30)18-33-25/h2-10,22,24-25H,11-18H2,1H3/t24-,25+/m0/s1. The van der Waals surface area contributed by atoms with Crippen molar-refractivity contribution in [2.45, 2.75) is 37.6 Å². The van der Waals surface area contributed by atoms with Crippen LogP contribution in [0.4, 0.5) is 5.69 Å². The molecule has 174 valence electrons. The number of morpholine rings is 2. The molecule has 2 aromatic rings. The van der Waals surface area contributed by atoms with Gasteiger partial charge in [-0.25, -0.2) is 0 Å². The second kappa shape index (κ2) is 9.53. The van der Waals surface area contributed by atoms with E-state index in [1.54, 1.807) is 4.90 Å². The topological polar surface area (TPSA) is 62.3 Å². The van der Waals surface area contributed by atoms with Crippen LogP contribution in [0.15, 0.2) is 54.6 Å². The highest BCUT2D eigenvalue weighted by Crippen LogP contribution is 2.40. The molecular formula is C26H31N3O4. The van der Waals surface area contributed by atoms with Gasteiger partial charge in [0.1, 0.15) is 6.61 Å². The van der Waals surface area contributed by atoms with Crippen molar-refractivity contribution >= 4 is 17.5 Å². The first-order valence-corrected chi connectivity index (χ1v) is 11.8. The van der Waals surface area contributed by atoms with Crippen molar-refractivity contribution in [1.82, 2.24) is 9.80 Å². The fourth-order valence-corrected chi connectivity index (χ4v) is 4.81. The maximum atomic E-state index is 13.5. The van der Waals surface area contributed by atoms with Gasteiger partial charge in [0.25, 0.3) is 5.91 Å². The molecular weight excluding hydrogens is 418 g/mol. The Balaban J connectivity index is 1.31. The van der Waals surface area contributed by atoms with Crippen molar-refractivity contribution in [2.75, 3.05) is 44.9 Å². The fourth-order valence-electron chi connectivity index (χ4n) is 4.81. The molecule has 2 aromatic carbocycles. The van der Waals surface area contributed by atoms with E-state index >= 15 is 0 Å². The number of hydrogen-bond acceptors (Lipinski definition) is 5. The van der Waals surface area contributed by atoms with Gasteiger partial charge in [-0.2, -0.15) is 0 Å². The summed E-state index contributed by atoms with van der Waals surface area (Å²) in [6.07, 6.45) is 1.27. The molecule has 1 aliphatic carbocycles. The Morgan fingerprint density at radius 3 is 2.39 bits per heavy atom. The van der Waals surface area contributed by atoms with Crippen molar-refractivity contribution in [3.8, 4) is 0 Å². The van der Waals surface area contributed by atoms with Gasteiger partial charge in [0.05, 0.1) is 19.3 Å². The molecule has 2 aliphatic heterocycles. The van der Waals surface area contributed by atoms with Gasteiger partial charge in [-0.1, -0.05) is 42.5 Å². The van der Waals surface area contributed by atoms with Crippen LogP contribution in [-0.2, 0) is 25.6 Å². The average Bonchev–Trinajstić information content (AvgIpc) is 3.70. The molecule has 5 rings (SSSR count). The summed E-state index contributed by atoms with van der Waals surface area (Å²) in [4.78, 5) is 32.2. The van der Waals surface area contributed by atoms with Crippen LogP contribution in [0, 0.1) is 0 Å². The van der Waals surface area contributed by atoms with E-state index < -0.39 is 12.1 Å². The molecule has 2 atom stereocenters. The lowest BCUT2D eigenvalue weighted by atomic mass is 9.96. The average molecular weight is 450 g/mol. The summed E-state index contributed by atoms with van der Waals surface area (Å²) < 4.78 is 11.3. The number of anilines is 1. The first-order chi connectivity index (χ1) is 16.1. The third-order valence-corrected chi connectivity index (χ3v) is 6.69. The number of likely N-dealkylation sites (N-methyl/N-ethyl adjacent to an activating group) is 1. The number of hydrogen-bond donors (Lipinski definition) is 0. The first-order valence-electron chi connectivity index (χ1n) is 11.8. The molecule has 0 radical (unpaired) electrons. The fraction of sp³-hybridized carbons (Fsp3) is 0.462. The normalized spacial score (nSPS) is 23.5. The van der Waals surface area contributed by atoms with Crippen LogP contribution in [0.25, 0.3) is 0 Å². The van der Waals surface area contributed by atoms with Crippen LogP contribution < -0.4 is 4.90 Å². The Morgan fingerprint density at radius 2 is 1.73 bits per heavy atom. The molecule has 7 heteroatoms. The molecule has 0 unspecified atom stereocenters. The monoisotopic (exact) mass is 449 g/mol. The summed E-state index contributed by atoms with van der Waals surface area (Å²) in [5, 5.41) is 0. The first kappa shape index (κ1) is 21.9. The minimum atomic E-state index is -0.705. The van der Waals surface area contributed by atoms with E-state index in [0.29, 0.717) is 6.54 Å².